The van der Waals surface area contributed by atoms with Gasteiger partial charge in [0.2, 0.25) is 0 Å². The summed E-state index contributed by atoms with van der Waals surface area (Å²) >= 11 is 0. The fourth-order valence-corrected chi connectivity index (χ4v) is 3.92. The monoisotopic (exact) mass is 410 g/mol. The minimum atomic E-state index is -0.310. The number of fused-ring (bicyclic) bond motifs is 1. The Kier molecular flexibility index (Phi) is 5.53. The van der Waals surface area contributed by atoms with E-state index in [1.54, 1.807) is 29.2 Å². The van der Waals surface area contributed by atoms with Crippen molar-refractivity contribution < 1.29 is 13.6 Å². The van der Waals surface area contributed by atoms with Crippen LogP contribution in [0.25, 0.3) is 11.3 Å². The smallest absolute Gasteiger partial charge is 0.317 e. The highest BCUT2D eigenvalue weighted by Gasteiger charge is 2.29. The molecule has 156 valence electrons. The maximum Gasteiger partial charge on any atom is 0.317 e. The van der Waals surface area contributed by atoms with Gasteiger partial charge in [-0.1, -0.05) is 12.1 Å². The summed E-state index contributed by atoms with van der Waals surface area (Å²) in [5, 5.41) is 7.72. The molecule has 5 nitrogen and oxygen atoms in total. The molecule has 0 bridgehead atoms. The summed E-state index contributed by atoms with van der Waals surface area (Å²) in [4.78, 5) is 14.2. The number of benzene rings is 2. The van der Waals surface area contributed by atoms with Gasteiger partial charge in [-0.2, -0.15) is 5.10 Å². The number of hydrogen-bond acceptors (Lipinski definition) is 2. The average Bonchev–Trinajstić information content (AvgIpc) is 3.13. The Morgan fingerprint density at radius 1 is 1.10 bits per heavy atom. The summed E-state index contributed by atoms with van der Waals surface area (Å²) in [5.74, 6) is -0.589. The van der Waals surface area contributed by atoms with Gasteiger partial charge in [-0.05, 0) is 55.8 Å². The zero-order valence-electron chi connectivity index (χ0n) is 17.0. The molecule has 1 aromatic heterocycles. The molecule has 0 saturated heterocycles. The maximum atomic E-state index is 13.5. The minimum absolute atomic E-state index is 0.104. The van der Waals surface area contributed by atoms with Crippen molar-refractivity contribution in [3.05, 3.63) is 77.0 Å². The molecular formula is C23H24F2N4O. The Morgan fingerprint density at radius 3 is 2.37 bits per heavy atom. The molecule has 1 aliphatic heterocycles. The van der Waals surface area contributed by atoms with Gasteiger partial charge in [0.15, 0.2) is 0 Å². The zero-order valence-corrected chi connectivity index (χ0v) is 17.0. The lowest BCUT2D eigenvalue weighted by atomic mass is 10.0. The summed E-state index contributed by atoms with van der Waals surface area (Å²) < 4.78 is 28.8. The van der Waals surface area contributed by atoms with E-state index in [4.69, 9.17) is 5.10 Å². The van der Waals surface area contributed by atoms with Crippen molar-refractivity contribution >= 4 is 6.03 Å². The number of carbonyl (C=O) groups is 1. The number of hydrogen-bond donors (Lipinski definition) is 1. The van der Waals surface area contributed by atoms with Crippen LogP contribution < -0.4 is 5.32 Å². The lowest BCUT2D eigenvalue weighted by Crippen LogP contribution is -2.43. The van der Waals surface area contributed by atoms with Crippen LogP contribution in [0.5, 0.6) is 0 Å². The Morgan fingerprint density at radius 2 is 1.73 bits per heavy atom. The van der Waals surface area contributed by atoms with Crippen LogP contribution >= 0.6 is 0 Å². The van der Waals surface area contributed by atoms with E-state index in [1.165, 1.54) is 24.3 Å². The average molecular weight is 410 g/mol. The van der Waals surface area contributed by atoms with Gasteiger partial charge in [-0.15, -0.1) is 0 Å². The first-order chi connectivity index (χ1) is 14.5. The molecule has 4 rings (SSSR count). The molecule has 1 N–H and O–H groups in total. The van der Waals surface area contributed by atoms with Crippen molar-refractivity contribution in [3.8, 4) is 11.3 Å². The van der Waals surface area contributed by atoms with E-state index in [0.29, 0.717) is 26.1 Å². The molecule has 1 atom stereocenters. The fraction of sp³-hybridized carbons (Fsp3) is 0.304. The van der Waals surface area contributed by atoms with E-state index in [-0.39, 0.29) is 23.7 Å². The van der Waals surface area contributed by atoms with Crippen molar-refractivity contribution in [1.82, 2.24) is 20.0 Å². The molecule has 2 aromatic carbocycles. The van der Waals surface area contributed by atoms with Crippen molar-refractivity contribution in [1.29, 1.82) is 0 Å². The fourth-order valence-electron chi connectivity index (χ4n) is 3.92. The molecule has 0 aliphatic carbocycles. The van der Waals surface area contributed by atoms with Crippen molar-refractivity contribution in [3.63, 3.8) is 0 Å². The van der Waals surface area contributed by atoms with Crippen LogP contribution in [0.4, 0.5) is 13.6 Å². The van der Waals surface area contributed by atoms with Gasteiger partial charge in [-0.25, -0.2) is 13.6 Å². The first kappa shape index (κ1) is 20.1. The van der Waals surface area contributed by atoms with Crippen LogP contribution in [-0.4, -0.2) is 33.8 Å². The lowest BCUT2D eigenvalue weighted by molar-refractivity contribution is 0.192. The van der Waals surface area contributed by atoms with Gasteiger partial charge < -0.3 is 10.2 Å². The molecule has 0 spiro atoms. The first-order valence-corrected chi connectivity index (χ1v) is 10.1. The topological polar surface area (TPSA) is 50.2 Å². The van der Waals surface area contributed by atoms with Crippen LogP contribution in [0.1, 0.15) is 36.7 Å². The standard InChI is InChI=1S/C23H24F2N4O/c1-3-26-23(30)28-13-12-21-20(14-28)22(17-6-10-19(25)11-7-17)27-29(21)15(2)16-4-8-18(24)9-5-16/h4-11,15H,3,12-14H2,1-2H3,(H,26,30)/t15-/m0/s1. The highest BCUT2D eigenvalue weighted by molar-refractivity contribution is 5.75. The van der Waals surface area contributed by atoms with Crippen molar-refractivity contribution in [2.24, 2.45) is 0 Å². The first-order valence-electron chi connectivity index (χ1n) is 10.1. The maximum absolute atomic E-state index is 13.5. The number of urea groups is 1. The summed E-state index contributed by atoms with van der Waals surface area (Å²) in [6.45, 7) is 5.49. The Hall–Kier alpha value is -3.22. The third-order valence-electron chi connectivity index (χ3n) is 5.54. The molecule has 2 heterocycles. The van der Waals surface area contributed by atoms with E-state index in [9.17, 15) is 13.6 Å². The predicted octanol–water partition coefficient (Wildman–Crippen LogP) is 4.53. The number of nitrogens with zero attached hydrogens (tertiary/aromatic N) is 3. The highest BCUT2D eigenvalue weighted by atomic mass is 19.1. The molecule has 0 fully saturated rings. The van der Waals surface area contributed by atoms with E-state index >= 15 is 0 Å². The Balaban J connectivity index is 1.77. The third kappa shape index (κ3) is 3.79. The minimum Gasteiger partial charge on any atom is -0.338 e. The van der Waals surface area contributed by atoms with Gasteiger partial charge in [-0.3, -0.25) is 4.68 Å². The van der Waals surface area contributed by atoms with Crippen LogP contribution in [-0.2, 0) is 13.0 Å². The van der Waals surface area contributed by atoms with Gasteiger partial charge in [0, 0.05) is 36.3 Å². The van der Waals surface area contributed by atoms with Crippen LogP contribution in [0.15, 0.2) is 48.5 Å². The van der Waals surface area contributed by atoms with Crippen LogP contribution in [0.2, 0.25) is 0 Å². The van der Waals surface area contributed by atoms with Crippen LogP contribution in [0.3, 0.4) is 0 Å². The highest BCUT2D eigenvalue weighted by Crippen LogP contribution is 2.33. The van der Waals surface area contributed by atoms with Gasteiger partial charge in [0.25, 0.3) is 0 Å². The normalized spacial score (nSPS) is 14.3. The van der Waals surface area contributed by atoms with Crippen molar-refractivity contribution in [2.45, 2.75) is 32.9 Å². The second-order valence-electron chi connectivity index (χ2n) is 7.46. The second kappa shape index (κ2) is 8.26. The molecule has 30 heavy (non-hydrogen) atoms. The number of rotatable bonds is 4. The molecule has 0 saturated carbocycles. The molecule has 1 aliphatic rings. The molecule has 3 aromatic rings. The largest absolute Gasteiger partial charge is 0.338 e. The van der Waals surface area contributed by atoms with Crippen molar-refractivity contribution in [2.75, 3.05) is 13.1 Å². The van der Waals surface area contributed by atoms with E-state index in [1.807, 2.05) is 18.5 Å². The lowest BCUT2D eigenvalue weighted by Gasteiger charge is -2.28. The Labute approximate surface area is 174 Å². The predicted molar refractivity (Wildman–Crippen MR) is 111 cm³/mol. The van der Waals surface area contributed by atoms with Gasteiger partial charge >= 0.3 is 6.03 Å². The summed E-state index contributed by atoms with van der Waals surface area (Å²) in [6, 6.07) is 12.4. The van der Waals surface area contributed by atoms with Gasteiger partial charge in [0.1, 0.15) is 11.6 Å². The zero-order chi connectivity index (χ0) is 21.3. The quantitative estimate of drug-likeness (QED) is 0.687. The molecule has 0 unspecified atom stereocenters. The van der Waals surface area contributed by atoms with Crippen LogP contribution in [0, 0.1) is 11.6 Å². The molecule has 2 amide bonds. The number of halogens is 2. The van der Waals surface area contributed by atoms with E-state index in [0.717, 1.165) is 28.1 Å². The summed E-state index contributed by atoms with van der Waals surface area (Å²) in [7, 11) is 0. The van der Waals surface area contributed by atoms with E-state index in [2.05, 4.69) is 5.32 Å². The number of amides is 2. The summed E-state index contributed by atoms with van der Waals surface area (Å²) in [6.07, 6.45) is 0.659. The molecule has 7 heteroatoms. The van der Waals surface area contributed by atoms with E-state index < -0.39 is 0 Å². The molecule has 0 radical (unpaired) electrons. The van der Waals surface area contributed by atoms with Gasteiger partial charge in [0.05, 0.1) is 18.3 Å². The number of nitrogens with one attached hydrogen (secondary N) is 1. The molecular weight excluding hydrogens is 386 g/mol. The summed E-state index contributed by atoms with van der Waals surface area (Å²) in [5.41, 5.74) is 4.50. The Bertz CT molecular complexity index is 1040. The second-order valence-corrected chi connectivity index (χ2v) is 7.46. The number of aromatic nitrogens is 2. The third-order valence-corrected chi connectivity index (χ3v) is 5.54. The number of carbonyl (C=O) groups excluding carboxylic acids is 1. The SMILES string of the molecule is CCNC(=O)N1CCc2c(c(-c3ccc(F)cc3)nn2[C@@H](C)c2ccc(F)cc2)C1.